The van der Waals surface area contributed by atoms with E-state index in [-0.39, 0.29) is 0 Å². The van der Waals surface area contributed by atoms with Crippen molar-refractivity contribution in [3.8, 4) is 11.5 Å². The number of aromatic nitrogens is 3. The van der Waals surface area contributed by atoms with Gasteiger partial charge in [0.1, 0.15) is 6.26 Å². The molecule has 0 aliphatic carbocycles. The van der Waals surface area contributed by atoms with Gasteiger partial charge in [-0.25, -0.2) is 4.98 Å². The maximum Gasteiger partial charge on any atom is 0.226 e. The fraction of sp³-hybridized carbons (Fsp3) is 0.368. The molecule has 0 fully saturated rings. The summed E-state index contributed by atoms with van der Waals surface area (Å²) in [6, 6.07) is 8.09. The molecular weight excluding hydrogens is 344 g/mol. The van der Waals surface area contributed by atoms with Crippen LogP contribution in [0.2, 0.25) is 0 Å². The molecule has 2 N–H and O–H groups in total. The topological polar surface area (TPSA) is 101 Å². The highest BCUT2D eigenvalue weighted by Gasteiger charge is 2.07. The predicted molar refractivity (Wildman–Crippen MR) is 102 cm³/mol. The molecule has 0 saturated heterocycles. The Morgan fingerprint density at radius 1 is 1.11 bits per heavy atom. The number of nitrogens with zero attached hydrogens (tertiary/aromatic N) is 4. The lowest BCUT2D eigenvalue weighted by Gasteiger charge is -2.10. The smallest absolute Gasteiger partial charge is 0.226 e. The van der Waals surface area contributed by atoms with E-state index in [4.69, 9.17) is 8.94 Å². The molecule has 1 aromatic carbocycles. The van der Waals surface area contributed by atoms with E-state index in [0.717, 1.165) is 30.6 Å². The Balaban J connectivity index is 1.43. The third kappa shape index (κ3) is 5.40. The number of nitrogens with one attached hydrogen (secondary N) is 2. The van der Waals surface area contributed by atoms with Crippen LogP contribution in [0.5, 0.6) is 0 Å². The molecule has 0 aliphatic heterocycles. The SMILES string of the molecule is CN=C(NCCCc1nc(C)no1)NCc1coc(-c2ccc(C)cc2)n1. The van der Waals surface area contributed by atoms with Crippen molar-refractivity contribution in [3.63, 3.8) is 0 Å². The molecule has 2 aromatic heterocycles. The summed E-state index contributed by atoms with van der Waals surface area (Å²) in [7, 11) is 1.73. The van der Waals surface area contributed by atoms with E-state index in [2.05, 4.69) is 37.7 Å². The minimum atomic E-state index is 0.526. The van der Waals surface area contributed by atoms with Crippen LogP contribution in [0.3, 0.4) is 0 Å². The first-order chi connectivity index (χ1) is 13.1. The van der Waals surface area contributed by atoms with Crippen molar-refractivity contribution in [3.05, 3.63) is 53.5 Å². The van der Waals surface area contributed by atoms with Gasteiger partial charge in [-0.15, -0.1) is 0 Å². The van der Waals surface area contributed by atoms with Crippen LogP contribution in [-0.2, 0) is 13.0 Å². The third-order valence-corrected chi connectivity index (χ3v) is 3.94. The number of aryl methyl sites for hydroxylation is 3. The largest absolute Gasteiger partial charge is 0.444 e. The molecule has 8 nitrogen and oxygen atoms in total. The van der Waals surface area contributed by atoms with Crippen molar-refractivity contribution in [2.75, 3.05) is 13.6 Å². The molecule has 0 radical (unpaired) electrons. The molecule has 0 aliphatic rings. The second kappa shape index (κ2) is 8.98. The fourth-order valence-corrected chi connectivity index (χ4v) is 2.50. The summed E-state index contributed by atoms with van der Waals surface area (Å²) in [5.41, 5.74) is 2.98. The van der Waals surface area contributed by atoms with Crippen LogP contribution < -0.4 is 10.6 Å². The Hall–Kier alpha value is -3.16. The maximum absolute atomic E-state index is 5.57. The van der Waals surface area contributed by atoms with Crippen molar-refractivity contribution in [1.82, 2.24) is 25.8 Å². The summed E-state index contributed by atoms with van der Waals surface area (Å²) in [5, 5.41) is 10.3. The van der Waals surface area contributed by atoms with Crippen LogP contribution in [-0.4, -0.2) is 34.7 Å². The Bertz CT molecular complexity index is 882. The number of hydrogen-bond acceptors (Lipinski definition) is 6. The lowest BCUT2D eigenvalue weighted by atomic mass is 10.1. The summed E-state index contributed by atoms with van der Waals surface area (Å²) in [5.74, 6) is 2.64. The van der Waals surface area contributed by atoms with Crippen molar-refractivity contribution in [2.45, 2.75) is 33.2 Å². The van der Waals surface area contributed by atoms with Crippen LogP contribution in [0, 0.1) is 13.8 Å². The predicted octanol–water partition coefficient (Wildman–Crippen LogP) is 2.64. The summed E-state index contributed by atoms with van der Waals surface area (Å²) >= 11 is 0. The Labute approximate surface area is 158 Å². The van der Waals surface area contributed by atoms with E-state index in [1.54, 1.807) is 13.3 Å². The molecule has 27 heavy (non-hydrogen) atoms. The molecule has 0 saturated carbocycles. The van der Waals surface area contributed by atoms with E-state index >= 15 is 0 Å². The molecule has 0 bridgehead atoms. The first kappa shape index (κ1) is 18.6. The lowest BCUT2D eigenvalue weighted by molar-refractivity contribution is 0.372. The molecule has 0 amide bonds. The summed E-state index contributed by atoms with van der Waals surface area (Å²) in [6.45, 7) is 5.13. The number of guanidine groups is 1. The van der Waals surface area contributed by atoms with Crippen molar-refractivity contribution < 1.29 is 8.94 Å². The molecule has 3 aromatic rings. The summed E-state index contributed by atoms with van der Waals surface area (Å²) in [4.78, 5) is 12.9. The number of oxazole rings is 1. The average Bonchev–Trinajstić information content (AvgIpc) is 3.31. The van der Waals surface area contributed by atoms with Crippen molar-refractivity contribution in [2.24, 2.45) is 4.99 Å². The number of benzene rings is 1. The van der Waals surface area contributed by atoms with Crippen LogP contribution >= 0.6 is 0 Å². The Kier molecular flexibility index (Phi) is 6.19. The Morgan fingerprint density at radius 3 is 2.63 bits per heavy atom. The minimum absolute atomic E-state index is 0.526. The van der Waals surface area contributed by atoms with Gasteiger partial charge < -0.3 is 19.6 Å². The van der Waals surface area contributed by atoms with Gasteiger partial charge in [-0.1, -0.05) is 22.9 Å². The molecule has 0 atom stereocenters. The Morgan fingerprint density at radius 2 is 1.93 bits per heavy atom. The van der Waals surface area contributed by atoms with Crippen LogP contribution in [0.1, 0.15) is 29.4 Å². The summed E-state index contributed by atoms with van der Waals surface area (Å²) < 4.78 is 10.7. The zero-order chi connectivity index (χ0) is 19.1. The monoisotopic (exact) mass is 368 g/mol. The van der Waals surface area contributed by atoms with E-state index in [1.807, 2.05) is 31.2 Å². The van der Waals surface area contributed by atoms with Crippen molar-refractivity contribution in [1.29, 1.82) is 0 Å². The van der Waals surface area contributed by atoms with Crippen LogP contribution in [0.15, 0.2) is 44.5 Å². The molecule has 0 spiro atoms. The standard InChI is InChI=1S/C19H24N6O2/c1-13-6-8-15(9-7-13)18-24-16(12-26-18)11-22-19(20-3)21-10-4-5-17-23-14(2)25-27-17/h6-9,12H,4-5,10-11H2,1-3H3,(H2,20,21,22). The normalized spacial score (nSPS) is 11.6. The van der Waals surface area contributed by atoms with Crippen molar-refractivity contribution >= 4 is 5.96 Å². The molecule has 2 heterocycles. The first-order valence-electron chi connectivity index (χ1n) is 8.89. The van der Waals surface area contributed by atoms with E-state index < -0.39 is 0 Å². The third-order valence-electron chi connectivity index (χ3n) is 3.94. The lowest BCUT2D eigenvalue weighted by Crippen LogP contribution is -2.37. The molecule has 3 rings (SSSR count). The van der Waals surface area contributed by atoms with Gasteiger partial charge in [0.25, 0.3) is 0 Å². The molecule has 142 valence electrons. The first-order valence-corrected chi connectivity index (χ1v) is 8.89. The van der Waals surface area contributed by atoms with E-state index in [1.165, 1.54) is 5.56 Å². The van der Waals surface area contributed by atoms with Gasteiger partial charge >= 0.3 is 0 Å². The highest BCUT2D eigenvalue weighted by atomic mass is 16.5. The number of aliphatic imine (C=N–C) groups is 1. The second-order valence-corrected chi connectivity index (χ2v) is 6.20. The zero-order valence-corrected chi connectivity index (χ0v) is 15.8. The molecule has 0 unspecified atom stereocenters. The van der Waals surface area contributed by atoms with Gasteiger partial charge in [0, 0.05) is 25.6 Å². The van der Waals surface area contributed by atoms with Gasteiger partial charge in [0.2, 0.25) is 11.8 Å². The zero-order valence-electron chi connectivity index (χ0n) is 15.8. The fourth-order valence-electron chi connectivity index (χ4n) is 2.50. The summed E-state index contributed by atoms with van der Waals surface area (Å²) in [6.07, 6.45) is 3.26. The molecule has 8 heteroatoms. The number of hydrogen-bond donors (Lipinski definition) is 2. The maximum atomic E-state index is 5.57. The van der Waals surface area contributed by atoms with E-state index in [0.29, 0.717) is 30.1 Å². The number of rotatable bonds is 7. The quantitative estimate of drug-likeness (QED) is 0.375. The van der Waals surface area contributed by atoms with Gasteiger partial charge in [-0.3, -0.25) is 4.99 Å². The van der Waals surface area contributed by atoms with E-state index in [9.17, 15) is 0 Å². The second-order valence-electron chi connectivity index (χ2n) is 6.20. The minimum Gasteiger partial charge on any atom is -0.444 e. The van der Waals surface area contributed by atoms with Gasteiger partial charge in [-0.2, -0.15) is 4.98 Å². The average molecular weight is 368 g/mol. The van der Waals surface area contributed by atoms with Crippen LogP contribution in [0.25, 0.3) is 11.5 Å². The highest BCUT2D eigenvalue weighted by Crippen LogP contribution is 2.18. The molecular formula is C19H24N6O2. The highest BCUT2D eigenvalue weighted by molar-refractivity contribution is 5.79. The van der Waals surface area contributed by atoms with Gasteiger partial charge in [0.05, 0.1) is 12.2 Å². The van der Waals surface area contributed by atoms with Gasteiger partial charge in [0.15, 0.2) is 11.8 Å². The van der Waals surface area contributed by atoms with Gasteiger partial charge in [-0.05, 0) is 32.4 Å². The van der Waals surface area contributed by atoms with Crippen LogP contribution in [0.4, 0.5) is 0 Å².